The number of benzene rings is 3. The minimum absolute atomic E-state index is 0.0420. The Labute approximate surface area is 367 Å². The summed E-state index contributed by atoms with van der Waals surface area (Å²) < 4.78 is 30.7. The van der Waals surface area contributed by atoms with Gasteiger partial charge in [0.25, 0.3) is 0 Å². The van der Waals surface area contributed by atoms with Crippen molar-refractivity contribution in [2.24, 2.45) is 5.41 Å². The van der Waals surface area contributed by atoms with Gasteiger partial charge in [0, 0.05) is 39.2 Å². The van der Waals surface area contributed by atoms with Gasteiger partial charge in [-0.2, -0.15) is 5.06 Å². The molecule has 1 saturated carbocycles. The van der Waals surface area contributed by atoms with Crippen LogP contribution in [0, 0.1) is 5.41 Å². The van der Waals surface area contributed by atoms with Crippen LogP contribution in [0.2, 0.25) is 0 Å². The first-order valence-corrected chi connectivity index (χ1v) is 21.7. The van der Waals surface area contributed by atoms with Crippen LogP contribution in [0.4, 0.5) is 0 Å². The van der Waals surface area contributed by atoms with Crippen LogP contribution in [-0.2, 0) is 73.5 Å². The number of hydrogen-bond donors (Lipinski definition) is 3. The number of nitrogens with one attached hydrogen (secondary N) is 1. The number of rotatable bonds is 16. The summed E-state index contributed by atoms with van der Waals surface area (Å²) in [5.74, 6) is -3.19. The number of amides is 2. The van der Waals surface area contributed by atoms with Crippen LogP contribution in [0.15, 0.2) is 85.1 Å². The second kappa shape index (κ2) is 18.1. The molecule has 3 aromatic carbocycles. The molecule has 336 valence electrons. The molecule has 0 aromatic heterocycles. The SMILES string of the molecule is CN(C(=O)C12CC3OC(=O)C1N(Cc1ccc(C=COCCO)cc1)OC2C1OC2(Cc4ccccc4C2)OC31)C(Cc1ccccc1)C(=O)NC(CO)CCC(=O)OC(C)(C)C. The second-order valence-electron chi connectivity index (χ2n) is 18.2. The fourth-order valence-corrected chi connectivity index (χ4v) is 9.80. The van der Waals surface area contributed by atoms with Crippen molar-refractivity contribution >= 4 is 29.8 Å². The number of ether oxygens (including phenoxy) is 5. The molecule has 63 heavy (non-hydrogen) atoms. The second-order valence-corrected chi connectivity index (χ2v) is 18.2. The molecule has 3 aliphatic heterocycles. The molecule has 8 atom stereocenters. The molecule has 0 radical (unpaired) electrons. The van der Waals surface area contributed by atoms with Gasteiger partial charge in [0.2, 0.25) is 11.8 Å². The Bertz CT molecular complexity index is 2150. The summed E-state index contributed by atoms with van der Waals surface area (Å²) in [4.78, 5) is 65.5. The molecule has 2 amide bonds. The molecular formula is C48H57N3O12. The average Bonchev–Trinajstić information content (AvgIpc) is 3.94. The molecule has 3 heterocycles. The maximum absolute atomic E-state index is 15.7. The lowest BCUT2D eigenvalue weighted by molar-refractivity contribution is -0.218. The molecular weight excluding hydrogens is 811 g/mol. The number of hydrogen-bond acceptors (Lipinski definition) is 13. The van der Waals surface area contributed by atoms with Crippen LogP contribution in [-0.4, -0.2) is 125 Å². The van der Waals surface area contributed by atoms with E-state index in [4.69, 9.17) is 33.6 Å². The van der Waals surface area contributed by atoms with E-state index in [0.29, 0.717) is 12.8 Å². The van der Waals surface area contributed by atoms with Crippen LogP contribution in [0.3, 0.4) is 0 Å². The van der Waals surface area contributed by atoms with E-state index >= 15 is 4.79 Å². The zero-order valence-electron chi connectivity index (χ0n) is 36.1. The lowest BCUT2D eigenvalue weighted by atomic mass is 9.62. The van der Waals surface area contributed by atoms with E-state index < -0.39 is 89.7 Å². The predicted molar refractivity (Wildman–Crippen MR) is 227 cm³/mol. The monoisotopic (exact) mass is 867 g/mol. The van der Waals surface area contributed by atoms with Crippen LogP contribution >= 0.6 is 0 Å². The summed E-state index contributed by atoms with van der Waals surface area (Å²) >= 11 is 0. The first-order chi connectivity index (χ1) is 30.2. The highest BCUT2D eigenvalue weighted by molar-refractivity contribution is 5.96. The van der Waals surface area contributed by atoms with Crippen molar-refractivity contribution < 1.29 is 57.9 Å². The van der Waals surface area contributed by atoms with Crippen molar-refractivity contribution in [1.29, 1.82) is 0 Å². The molecule has 3 N–H and O–H groups in total. The quantitative estimate of drug-likeness (QED) is 0.108. The summed E-state index contributed by atoms with van der Waals surface area (Å²) in [5, 5.41) is 23.8. The molecule has 2 aliphatic carbocycles. The number of hydroxylamine groups is 2. The van der Waals surface area contributed by atoms with E-state index in [9.17, 15) is 19.5 Å². The number of likely N-dealkylation sites (N-methyl/N-ethyl adjacent to an activating group) is 1. The Hall–Kier alpha value is -5.16. The van der Waals surface area contributed by atoms with Gasteiger partial charge in [-0.25, -0.2) is 0 Å². The molecule has 3 saturated heterocycles. The summed E-state index contributed by atoms with van der Waals surface area (Å²) in [7, 11) is 1.56. The lowest BCUT2D eigenvalue weighted by Gasteiger charge is -2.50. The highest BCUT2D eigenvalue weighted by Gasteiger charge is 2.77. The zero-order chi connectivity index (χ0) is 44.5. The average molecular weight is 868 g/mol. The Kier molecular flexibility index (Phi) is 12.8. The third kappa shape index (κ3) is 9.13. The van der Waals surface area contributed by atoms with Gasteiger partial charge in [-0.05, 0) is 61.1 Å². The highest BCUT2D eigenvalue weighted by Crippen LogP contribution is 2.59. The number of esters is 2. The van der Waals surface area contributed by atoms with Gasteiger partial charge < -0.3 is 44.1 Å². The van der Waals surface area contributed by atoms with Crippen molar-refractivity contribution in [3.05, 3.63) is 113 Å². The summed E-state index contributed by atoms with van der Waals surface area (Å²) in [6.45, 7) is 5.04. The fraction of sp³-hybridized carbons (Fsp3) is 0.500. The topological polar surface area (TPSA) is 183 Å². The molecule has 5 aliphatic rings. The van der Waals surface area contributed by atoms with Crippen molar-refractivity contribution in [1.82, 2.24) is 15.3 Å². The minimum atomic E-state index is -1.56. The van der Waals surface area contributed by atoms with Gasteiger partial charge in [-0.1, -0.05) is 78.9 Å². The first-order valence-electron chi connectivity index (χ1n) is 21.7. The van der Waals surface area contributed by atoms with E-state index in [1.165, 1.54) is 16.2 Å². The fourth-order valence-electron chi connectivity index (χ4n) is 9.80. The number of nitrogens with zero attached hydrogens (tertiary/aromatic N) is 2. The van der Waals surface area contributed by atoms with Crippen LogP contribution in [0.5, 0.6) is 0 Å². The molecule has 1 spiro atoms. The predicted octanol–water partition coefficient (Wildman–Crippen LogP) is 3.41. The largest absolute Gasteiger partial charge is 0.499 e. The van der Waals surface area contributed by atoms with Crippen LogP contribution in [0.1, 0.15) is 67.9 Å². The summed E-state index contributed by atoms with van der Waals surface area (Å²) in [6, 6.07) is 21.7. The van der Waals surface area contributed by atoms with Crippen molar-refractivity contribution in [3.8, 4) is 0 Å². The van der Waals surface area contributed by atoms with Crippen LogP contribution in [0.25, 0.3) is 6.08 Å². The van der Waals surface area contributed by atoms with Crippen molar-refractivity contribution in [2.75, 3.05) is 26.9 Å². The molecule has 4 fully saturated rings. The molecule has 15 heteroatoms. The number of carbonyl (C=O) groups excluding carboxylic acids is 4. The number of aliphatic hydroxyl groups excluding tert-OH is 2. The Morgan fingerprint density at radius 3 is 2.30 bits per heavy atom. The third-order valence-electron chi connectivity index (χ3n) is 12.6. The Morgan fingerprint density at radius 2 is 1.63 bits per heavy atom. The standard InChI is InChI=1S/C48H57N3O12/c1-46(2,3)60-38(54)19-18-35(29-53)49-43(55)36(24-31-10-6-5-7-11-31)50(4)45(57)48-27-37-39-40(62-47(61-39)25-33-12-8-9-13-34(33)26-47)42(48)63-51(41(48)44(56)59-37)28-32-16-14-30(15-17-32)20-22-58-23-21-52/h5-17,20,22,35-37,39-42,52-53H,18-19,21,23-29H2,1-4H3,(H,49,55). The van der Waals surface area contributed by atoms with E-state index in [1.807, 2.05) is 78.9 Å². The van der Waals surface area contributed by atoms with E-state index in [-0.39, 0.29) is 45.4 Å². The minimum Gasteiger partial charge on any atom is -0.499 e. The first kappa shape index (κ1) is 44.4. The summed E-state index contributed by atoms with van der Waals surface area (Å²) in [6.07, 6.45) is 1.09. The lowest BCUT2D eigenvalue weighted by Crippen LogP contribution is -2.70. The summed E-state index contributed by atoms with van der Waals surface area (Å²) in [5.41, 5.74) is 2.34. The maximum Gasteiger partial charge on any atom is 0.327 e. The molecule has 3 aromatic rings. The highest BCUT2D eigenvalue weighted by atomic mass is 16.8. The van der Waals surface area contributed by atoms with Gasteiger partial charge in [-0.15, -0.1) is 0 Å². The Balaban J connectivity index is 1.11. The third-order valence-corrected chi connectivity index (χ3v) is 12.6. The molecule has 8 unspecified atom stereocenters. The van der Waals surface area contributed by atoms with Crippen molar-refractivity contribution in [2.45, 2.75) is 120 Å². The molecule has 8 rings (SSSR count). The van der Waals surface area contributed by atoms with Crippen molar-refractivity contribution in [3.63, 3.8) is 0 Å². The van der Waals surface area contributed by atoms with E-state index in [0.717, 1.165) is 27.8 Å². The maximum atomic E-state index is 15.7. The molecule has 2 bridgehead atoms. The zero-order valence-corrected chi connectivity index (χ0v) is 36.1. The smallest absolute Gasteiger partial charge is 0.327 e. The number of aliphatic hydroxyl groups is 2. The van der Waals surface area contributed by atoms with Gasteiger partial charge in [0.15, 0.2) is 11.8 Å². The van der Waals surface area contributed by atoms with Gasteiger partial charge in [-0.3, -0.25) is 24.0 Å². The normalized spacial score (nSPS) is 26.4. The van der Waals surface area contributed by atoms with Gasteiger partial charge in [0.05, 0.1) is 32.1 Å². The number of fused-ring (bicyclic) bond motifs is 5. The van der Waals surface area contributed by atoms with Gasteiger partial charge in [0.1, 0.15) is 48.1 Å². The van der Waals surface area contributed by atoms with E-state index in [2.05, 4.69) is 5.32 Å². The van der Waals surface area contributed by atoms with Crippen LogP contribution < -0.4 is 5.32 Å². The number of carbonyl (C=O) groups is 4. The van der Waals surface area contributed by atoms with Gasteiger partial charge >= 0.3 is 11.9 Å². The molecule has 15 nitrogen and oxygen atoms in total. The Morgan fingerprint density at radius 1 is 0.952 bits per heavy atom. The van der Waals surface area contributed by atoms with E-state index in [1.54, 1.807) is 33.9 Å².